The third kappa shape index (κ3) is 4.49. The van der Waals surface area contributed by atoms with Crippen LogP contribution in [0.5, 0.6) is 23.0 Å². The van der Waals surface area contributed by atoms with Gasteiger partial charge in [-0.3, -0.25) is 0 Å². The van der Waals surface area contributed by atoms with E-state index in [1.165, 1.54) is 42.5 Å². The van der Waals surface area contributed by atoms with E-state index < -0.39 is 17.3 Å². The van der Waals surface area contributed by atoms with Crippen LogP contribution in [0.25, 0.3) is 0 Å². The Morgan fingerprint density at radius 1 is 0.667 bits per heavy atom. The van der Waals surface area contributed by atoms with Crippen molar-refractivity contribution in [1.29, 1.82) is 15.8 Å². The number of alkyl halides is 3. The lowest BCUT2D eigenvalue weighted by atomic mass is 10.1. The van der Waals surface area contributed by atoms with Crippen molar-refractivity contribution in [3.63, 3.8) is 0 Å². The molecule has 0 spiro atoms. The first-order valence-corrected chi connectivity index (χ1v) is 8.35. The predicted octanol–water partition coefficient (Wildman–Crippen LogP) is 5.91. The molecule has 146 valence electrons. The van der Waals surface area contributed by atoms with E-state index in [9.17, 15) is 18.4 Å². The lowest BCUT2D eigenvalue weighted by molar-refractivity contribution is -0.137. The predicted molar refractivity (Wildman–Crippen MR) is 98.6 cm³/mol. The van der Waals surface area contributed by atoms with Gasteiger partial charge in [0.25, 0.3) is 0 Å². The Balaban J connectivity index is 1.91. The van der Waals surface area contributed by atoms with Gasteiger partial charge in [-0.1, -0.05) is 12.1 Å². The van der Waals surface area contributed by atoms with Crippen molar-refractivity contribution in [1.82, 2.24) is 0 Å². The molecule has 0 aliphatic heterocycles. The van der Waals surface area contributed by atoms with Gasteiger partial charge in [-0.2, -0.15) is 29.0 Å². The first-order valence-electron chi connectivity index (χ1n) is 8.35. The number of benzene rings is 3. The van der Waals surface area contributed by atoms with Crippen LogP contribution in [0, 0.1) is 34.0 Å². The number of nitrogens with zero attached hydrogens (tertiary/aromatic N) is 3. The fourth-order valence-corrected chi connectivity index (χ4v) is 2.62. The van der Waals surface area contributed by atoms with E-state index in [1.807, 2.05) is 12.1 Å². The molecule has 0 radical (unpaired) electrons. The Morgan fingerprint density at radius 2 is 1.27 bits per heavy atom. The van der Waals surface area contributed by atoms with Gasteiger partial charge in [0, 0.05) is 6.07 Å². The smallest absolute Gasteiger partial charge is 0.417 e. The van der Waals surface area contributed by atoms with Crippen LogP contribution in [0.1, 0.15) is 22.3 Å². The van der Waals surface area contributed by atoms with Crippen molar-refractivity contribution in [3.05, 3.63) is 82.9 Å². The largest absolute Gasteiger partial charge is 0.457 e. The van der Waals surface area contributed by atoms with Crippen LogP contribution in [0.15, 0.2) is 60.7 Å². The highest BCUT2D eigenvalue weighted by molar-refractivity contribution is 5.52. The van der Waals surface area contributed by atoms with Crippen molar-refractivity contribution < 1.29 is 22.6 Å². The molecular weight excluding hydrogens is 395 g/mol. The van der Waals surface area contributed by atoms with Gasteiger partial charge in [0.1, 0.15) is 34.6 Å². The molecule has 0 heterocycles. The van der Waals surface area contributed by atoms with Crippen LogP contribution in [0.4, 0.5) is 13.2 Å². The van der Waals surface area contributed by atoms with Crippen molar-refractivity contribution in [2.45, 2.75) is 6.18 Å². The number of ether oxygens (including phenoxy) is 2. The van der Waals surface area contributed by atoms with Crippen LogP contribution in [0.2, 0.25) is 0 Å². The van der Waals surface area contributed by atoms with Crippen molar-refractivity contribution >= 4 is 0 Å². The Morgan fingerprint density at radius 3 is 1.83 bits per heavy atom. The fraction of sp³-hybridized carbons (Fsp3) is 0.0455. The number of hydrogen-bond donors (Lipinski definition) is 0. The molecule has 0 saturated heterocycles. The summed E-state index contributed by atoms with van der Waals surface area (Å²) in [7, 11) is 0. The maximum Gasteiger partial charge on any atom is 0.417 e. The van der Waals surface area contributed by atoms with Crippen LogP contribution < -0.4 is 9.47 Å². The second-order valence-corrected chi connectivity index (χ2v) is 5.94. The van der Waals surface area contributed by atoms with Gasteiger partial charge >= 0.3 is 6.18 Å². The molecule has 0 bridgehead atoms. The molecule has 3 aromatic rings. The summed E-state index contributed by atoms with van der Waals surface area (Å²) in [6.07, 6.45) is -4.69. The van der Waals surface area contributed by atoms with E-state index in [0.29, 0.717) is 0 Å². The van der Waals surface area contributed by atoms with E-state index in [0.717, 1.165) is 12.1 Å². The fourth-order valence-electron chi connectivity index (χ4n) is 2.62. The molecule has 5 nitrogen and oxygen atoms in total. The lowest BCUT2D eigenvalue weighted by Crippen LogP contribution is -2.08. The number of hydrogen-bond acceptors (Lipinski definition) is 5. The van der Waals surface area contributed by atoms with E-state index in [4.69, 9.17) is 20.0 Å². The average molecular weight is 405 g/mol. The molecule has 8 heteroatoms. The topological polar surface area (TPSA) is 89.8 Å². The Bertz CT molecular complexity index is 1200. The summed E-state index contributed by atoms with van der Waals surface area (Å²) in [6, 6.07) is 18.9. The van der Waals surface area contributed by atoms with Crippen LogP contribution in [-0.4, -0.2) is 0 Å². The molecular formula is C22H10F3N3O2. The first-order chi connectivity index (χ1) is 14.3. The second-order valence-electron chi connectivity index (χ2n) is 5.94. The van der Waals surface area contributed by atoms with E-state index in [-0.39, 0.29) is 34.1 Å². The highest BCUT2D eigenvalue weighted by atomic mass is 19.4. The molecule has 0 amide bonds. The van der Waals surface area contributed by atoms with Gasteiger partial charge in [0.15, 0.2) is 0 Å². The lowest BCUT2D eigenvalue weighted by Gasteiger charge is -2.13. The van der Waals surface area contributed by atoms with Crippen LogP contribution in [-0.2, 0) is 6.18 Å². The Kier molecular flexibility index (Phi) is 5.58. The summed E-state index contributed by atoms with van der Waals surface area (Å²) in [5.74, 6) is 0.388. The Hall–Kier alpha value is -4.48. The summed E-state index contributed by atoms with van der Waals surface area (Å²) >= 11 is 0. The molecule has 0 saturated carbocycles. The maximum atomic E-state index is 13.1. The van der Waals surface area contributed by atoms with Crippen molar-refractivity contribution in [2.75, 3.05) is 0 Å². The first kappa shape index (κ1) is 20.3. The van der Waals surface area contributed by atoms with Crippen LogP contribution >= 0.6 is 0 Å². The van der Waals surface area contributed by atoms with Crippen molar-refractivity contribution in [3.8, 4) is 41.2 Å². The zero-order valence-corrected chi connectivity index (χ0v) is 15.1. The molecule has 0 N–H and O–H groups in total. The van der Waals surface area contributed by atoms with Gasteiger partial charge in [0.05, 0.1) is 28.8 Å². The SMILES string of the molecule is N#Cc1cc(C#N)cc(Oc2cccc(Oc3cccc(C(F)(F)F)c3C#N)c2)c1. The van der Waals surface area contributed by atoms with E-state index >= 15 is 0 Å². The highest BCUT2D eigenvalue weighted by Crippen LogP contribution is 2.37. The zero-order chi connectivity index (χ0) is 21.7. The van der Waals surface area contributed by atoms with Gasteiger partial charge in [-0.15, -0.1) is 0 Å². The molecule has 0 aliphatic rings. The van der Waals surface area contributed by atoms with E-state index in [1.54, 1.807) is 12.1 Å². The summed E-state index contributed by atoms with van der Waals surface area (Å²) in [4.78, 5) is 0. The maximum absolute atomic E-state index is 13.1. The number of nitriles is 3. The summed E-state index contributed by atoms with van der Waals surface area (Å²) in [6.45, 7) is 0. The summed E-state index contributed by atoms with van der Waals surface area (Å²) < 4.78 is 50.5. The minimum absolute atomic E-state index is 0.139. The minimum Gasteiger partial charge on any atom is -0.457 e. The zero-order valence-electron chi connectivity index (χ0n) is 15.1. The molecule has 3 rings (SSSR count). The quantitative estimate of drug-likeness (QED) is 0.539. The second kappa shape index (κ2) is 8.26. The molecule has 0 atom stereocenters. The highest BCUT2D eigenvalue weighted by Gasteiger charge is 2.35. The molecule has 0 fully saturated rings. The molecule has 0 unspecified atom stereocenters. The normalized spacial score (nSPS) is 10.4. The number of rotatable bonds is 4. The average Bonchev–Trinajstić information content (AvgIpc) is 2.72. The molecule has 0 aromatic heterocycles. The monoisotopic (exact) mass is 405 g/mol. The van der Waals surface area contributed by atoms with Gasteiger partial charge in [-0.05, 0) is 42.5 Å². The van der Waals surface area contributed by atoms with E-state index in [2.05, 4.69) is 0 Å². The van der Waals surface area contributed by atoms with Gasteiger partial charge < -0.3 is 9.47 Å². The van der Waals surface area contributed by atoms with Crippen LogP contribution in [0.3, 0.4) is 0 Å². The molecule has 0 aliphatic carbocycles. The molecule has 30 heavy (non-hydrogen) atoms. The third-order valence-corrected chi connectivity index (χ3v) is 3.88. The molecule has 3 aromatic carbocycles. The Labute approximate surface area is 169 Å². The standard InChI is InChI=1S/C22H10F3N3O2/c23-22(24,25)20-5-2-6-21(19(20)13-28)30-17-4-1-3-16(10-17)29-18-8-14(11-26)7-15(9-18)12-27/h1-10H. The third-order valence-electron chi connectivity index (χ3n) is 3.88. The minimum atomic E-state index is -4.69. The van der Waals surface area contributed by atoms with Gasteiger partial charge in [-0.25, -0.2) is 0 Å². The summed E-state index contributed by atoms with van der Waals surface area (Å²) in [5, 5.41) is 27.3. The summed E-state index contributed by atoms with van der Waals surface area (Å²) in [5.41, 5.74) is -1.25. The van der Waals surface area contributed by atoms with Gasteiger partial charge in [0.2, 0.25) is 0 Å². The number of halogens is 3. The van der Waals surface area contributed by atoms with Crippen molar-refractivity contribution in [2.24, 2.45) is 0 Å².